The lowest BCUT2D eigenvalue weighted by molar-refractivity contribution is -0.139. The molecule has 3 rings (SSSR count). The lowest BCUT2D eigenvalue weighted by atomic mass is 9.53. The van der Waals surface area contributed by atoms with Crippen LogP contribution in [0.3, 0.4) is 0 Å². The van der Waals surface area contributed by atoms with Crippen LogP contribution in [-0.2, 0) is 9.53 Å². The second-order valence-electron chi connectivity index (χ2n) is 7.44. The molecule has 0 unspecified atom stereocenters. The number of amides is 2. The van der Waals surface area contributed by atoms with Gasteiger partial charge in [-0.05, 0) is 71.3 Å². The summed E-state index contributed by atoms with van der Waals surface area (Å²) in [5.41, 5.74) is 5.14. The van der Waals surface area contributed by atoms with Gasteiger partial charge in [0.05, 0.1) is 0 Å². The molecule has 0 radical (unpaired) electrons. The Bertz CT molecular complexity index is 387. The van der Waals surface area contributed by atoms with Crippen molar-refractivity contribution in [3.8, 4) is 0 Å². The van der Waals surface area contributed by atoms with Gasteiger partial charge in [0.15, 0.2) is 0 Å². The van der Waals surface area contributed by atoms with Crippen molar-refractivity contribution in [1.82, 2.24) is 5.32 Å². The van der Waals surface area contributed by atoms with E-state index < -0.39 is 11.7 Å². The summed E-state index contributed by atoms with van der Waals surface area (Å²) in [6.07, 6.45) is 4.83. The first-order valence-corrected chi connectivity index (χ1v) is 7.45. The van der Waals surface area contributed by atoms with E-state index >= 15 is 0 Å². The highest BCUT2D eigenvalue weighted by Crippen LogP contribution is 2.56. The van der Waals surface area contributed by atoms with Crippen molar-refractivity contribution in [1.29, 1.82) is 0 Å². The normalized spacial score (nSPS) is 32.8. The number of nitrogens with one attached hydrogen (secondary N) is 1. The zero-order chi connectivity index (χ0) is 15.0. The number of imide groups is 1. The molecule has 114 valence electrons. The van der Waals surface area contributed by atoms with Crippen LogP contribution in [0.5, 0.6) is 0 Å². The van der Waals surface area contributed by atoms with Gasteiger partial charge in [-0.2, -0.15) is 0 Å². The first-order valence-electron chi connectivity index (χ1n) is 7.45. The highest BCUT2D eigenvalue weighted by Gasteiger charge is 2.52. The Morgan fingerprint density at radius 1 is 1.10 bits per heavy atom. The van der Waals surface area contributed by atoms with Crippen molar-refractivity contribution >= 4 is 12.0 Å². The van der Waals surface area contributed by atoms with E-state index in [4.69, 9.17) is 10.5 Å². The molecule has 0 aromatic rings. The number of hydrogen-bond acceptors (Lipinski definition) is 4. The fraction of sp³-hybridized carbons (Fsp3) is 0.867. The molecule has 3 N–H and O–H groups in total. The Morgan fingerprint density at radius 2 is 1.60 bits per heavy atom. The van der Waals surface area contributed by atoms with E-state index in [-0.39, 0.29) is 16.7 Å². The van der Waals surface area contributed by atoms with Gasteiger partial charge in [-0.1, -0.05) is 0 Å². The molecular weight excluding hydrogens is 256 g/mol. The molecule has 2 bridgehead atoms. The van der Waals surface area contributed by atoms with Gasteiger partial charge < -0.3 is 10.5 Å². The van der Waals surface area contributed by atoms with Gasteiger partial charge in [-0.3, -0.25) is 10.1 Å². The third-order valence-electron chi connectivity index (χ3n) is 4.93. The molecule has 5 nitrogen and oxygen atoms in total. The molecule has 0 aromatic heterocycles. The van der Waals surface area contributed by atoms with Crippen molar-refractivity contribution in [3.05, 3.63) is 0 Å². The molecule has 0 aliphatic heterocycles. The molecule has 3 aliphatic carbocycles. The molecule has 20 heavy (non-hydrogen) atoms. The summed E-state index contributed by atoms with van der Waals surface area (Å²) in [4.78, 5) is 24.1. The third kappa shape index (κ3) is 2.97. The van der Waals surface area contributed by atoms with Crippen molar-refractivity contribution in [2.45, 2.75) is 64.9 Å². The lowest BCUT2D eigenvalue weighted by Crippen LogP contribution is -2.53. The predicted molar refractivity (Wildman–Crippen MR) is 76.0 cm³/mol. The van der Waals surface area contributed by atoms with Gasteiger partial charge >= 0.3 is 6.09 Å². The zero-order valence-electron chi connectivity index (χ0n) is 12.8. The van der Waals surface area contributed by atoms with Crippen LogP contribution in [0.25, 0.3) is 0 Å². The number of nitrogens with two attached hydrogens (primary N) is 1. The van der Waals surface area contributed by atoms with Crippen LogP contribution in [0.4, 0.5) is 4.79 Å². The molecule has 3 saturated carbocycles. The number of fused-ring (bicyclic) bond motifs is 3. The van der Waals surface area contributed by atoms with E-state index in [1.807, 2.05) is 0 Å². The Morgan fingerprint density at radius 3 is 2.00 bits per heavy atom. The maximum atomic E-state index is 12.4. The van der Waals surface area contributed by atoms with Gasteiger partial charge in [0.25, 0.3) is 0 Å². The van der Waals surface area contributed by atoms with E-state index in [1.54, 1.807) is 20.8 Å². The van der Waals surface area contributed by atoms with Crippen LogP contribution in [0.2, 0.25) is 0 Å². The van der Waals surface area contributed by atoms with Gasteiger partial charge in [0.1, 0.15) is 5.60 Å². The van der Waals surface area contributed by atoms with Gasteiger partial charge in [-0.15, -0.1) is 0 Å². The average molecular weight is 282 g/mol. The number of carbonyl (C=O) groups excluding carboxylic acids is 2. The van der Waals surface area contributed by atoms with Gasteiger partial charge in [-0.25, -0.2) is 4.79 Å². The second kappa shape index (κ2) is 5.02. The average Bonchev–Trinajstić information content (AvgIpc) is 2.38. The van der Waals surface area contributed by atoms with Gasteiger partial charge in [0, 0.05) is 5.41 Å². The minimum absolute atomic E-state index is 0.169. The van der Waals surface area contributed by atoms with Crippen LogP contribution in [0.1, 0.15) is 59.3 Å². The van der Waals surface area contributed by atoms with Gasteiger partial charge in [0.2, 0.25) is 5.91 Å². The van der Waals surface area contributed by atoms with E-state index in [2.05, 4.69) is 5.32 Å². The Kier molecular flexibility index (Phi) is 3.84. The molecule has 0 spiro atoms. The summed E-state index contributed by atoms with van der Waals surface area (Å²) in [5, 5.41) is 2.42. The largest absolute Gasteiger partial charge is 0.444 e. The summed E-state index contributed by atoms with van der Waals surface area (Å²) in [5.74, 6) is -0.169. The van der Waals surface area contributed by atoms with Crippen molar-refractivity contribution < 1.29 is 14.3 Å². The quantitative estimate of drug-likeness (QED) is 0.814. The number of rotatable bonds is 2. The maximum Gasteiger partial charge on any atom is 0.414 e. The van der Waals surface area contributed by atoms with Crippen LogP contribution in [-0.4, -0.2) is 24.1 Å². The summed E-state index contributed by atoms with van der Waals surface area (Å²) in [6, 6.07) is 0. The van der Waals surface area contributed by atoms with Crippen LogP contribution >= 0.6 is 0 Å². The third-order valence-corrected chi connectivity index (χ3v) is 4.93. The summed E-state index contributed by atoms with van der Waals surface area (Å²) < 4.78 is 5.15. The monoisotopic (exact) mass is 282 g/mol. The first-order chi connectivity index (χ1) is 9.20. The molecule has 3 aliphatic rings. The molecule has 0 atom stereocenters. The minimum atomic E-state index is -0.641. The molecular formula is C15H26N2O3. The summed E-state index contributed by atoms with van der Waals surface area (Å²) in [6.45, 7) is 6.06. The van der Waals surface area contributed by atoms with E-state index in [1.165, 1.54) is 0 Å². The van der Waals surface area contributed by atoms with E-state index in [9.17, 15) is 9.59 Å². The fourth-order valence-corrected chi connectivity index (χ4v) is 3.44. The Labute approximate surface area is 120 Å². The Balaban J connectivity index is 1.96. The van der Waals surface area contributed by atoms with Crippen LogP contribution < -0.4 is 11.1 Å². The maximum absolute atomic E-state index is 12.4. The zero-order valence-corrected chi connectivity index (χ0v) is 12.8. The first kappa shape index (κ1) is 15.3. The topological polar surface area (TPSA) is 81.4 Å². The van der Waals surface area contributed by atoms with Crippen molar-refractivity contribution in [2.24, 2.45) is 16.6 Å². The highest BCUT2D eigenvalue weighted by atomic mass is 16.6. The molecule has 0 saturated heterocycles. The molecule has 0 heterocycles. The SMILES string of the molecule is CC(C)(C)OC(=O)NC(=O)C12CCC(CN)(CC1)CC2. The predicted octanol–water partition coefficient (Wildman–Crippen LogP) is 2.34. The number of ether oxygens (including phenoxy) is 1. The smallest absolute Gasteiger partial charge is 0.414 e. The van der Waals surface area contributed by atoms with E-state index in [0.29, 0.717) is 6.54 Å². The number of hydrogen-bond donors (Lipinski definition) is 2. The minimum Gasteiger partial charge on any atom is -0.444 e. The fourth-order valence-electron chi connectivity index (χ4n) is 3.44. The summed E-state index contributed by atoms with van der Waals surface area (Å²) in [7, 11) is 0. The number of alkyl carbamates (subject to hydrolysis) is 1. The number of carbonyl (C=O) groups is 2. The van der Waals surface area contributed by atoms with E-state index in [0.717, 1.165) is 38.5 Å². The second-order valence-corrected chi connectivity index (χ2v) is 7.44. The molecule has 3 fully saturated rings. The van der Waals surface area contributed by atoms with Crippen molar-refractivity contribution in [3.63, 3.8) is 0 Å². The molecule has 0 aromatic carbocycles. The molecule has 2 amide bonds. The lowest BCUT2D eigenvalue weighted by Gasteiger charge is -2.52. The molecule has 5 heteroatoms. The Hall–Kier alpha value is -1.10. The van der Waals surface area contributed by atoms with Crippen LogP contribution in [0, 0.1) is 10.8 Å². The highest BCUT2D eigenvalue weighted by molar-refractivity contribution is 5.95. The standard InChI is InChI=1S/C15H26N2O3/c1-13(2,3)20-12(19)17-11(18)15-7-4-14(10-16,5-8-15)6-9-15/h4-10,16H2,1-3H3,(H,17,18,19). The van der Waals surface area contributed by atoms with Crippen molar-refractivity contribution in [2.75, 3.05) is 6.54 Å². The summed E-state index contributed by atoms with van der Waals surface area (Å²) >= 11 is 0. The van der Waals surface area contributed by atoms with Crippen LogP contribution in [0.15, 0.2) is 0 Å².